The largest absolute Gasteiger partial charge is 0.365 e. The van der Waals surface area contributed by atoms with E-state index < -0.39 is 11.7 Å². The number of carbonyl (C=O) groups excluding carboxylic acids is 1. The number of rotatable bonds is 4. The number of hydrogen-bond acceptors (Lipinski definition) is 4. The first-order valence-corrected chi connectivity index (χ1v) is 6.18. The van der Waals surface area contributed by atoms with Gasteiger partial charge in [-0.15, -0.1) is 0 Å². The van der Waals surface area contributed by atoms with Gasteiger partial charge in [-0.2, -0.15) is 0 Å². The van der Waals surface area contributed by atoms with Gasteiger partial charge in [0.2, 0.25) is 0 Å². The molecule has 2 aromatic rings. The molecule has 0 aliphatic rings. The third kappa shape index (κ3) is 3.09. The third-order valence-corrected chi connectivity index (χ3v) is 3.03. The summed E-state index contributed by atoms with van der Waals surface area (Å²) < 4.78 is 15.1. The molecule has 110 valence electrons. The van der Waals surface area contributed by atoms with Gasteiger partial charge in [-0.05, 0) is 17.7 Å². The third-order valence-electron chi connectivity index (χ3n) is 3.03. The molecule has 1 heterocycles. The van der Waals surface area contributed by atoms with E-state index in [-0.39, 0.29) is 29.0 Å². The molecule has 5 N–H and O–H groups in total. The molecule has 6 nitrogen and oxygen atoms in total. The van der Waals surface area contributed by atoms with Gasteiger partial charge in [-0.3, -0.25) is 9.59 Å². The van der Waals surface area contributed by atoms with E-state index in [0.29, 0.717) is 5.56 Å². The summed E-state index contributed by atoms with van der Waals surface area (Å²) >= 11 is 0. The van der Waals surface area contributed by atoms with Crippen molar-refractivity contribution in [3.8, 4) is 0 Å². The number of halogens is 1. The van der Waals surface area contributed by atoms with E-state index in [1.54, 1.807) is 6.07 Å². The van der Waals surface area contributed by atoms with Gasteiger partial charge in [0.1, 0.15) is 5.82 Å². The highest BCUT2D eigenvalue weighted by atomic mass is 19.1. The Hall–Kier alpha value is -2.67. The van der Waals surface area contributed by atoms with Gasteiger partial charge in [0, 0.05) is 25.9 Å². The zero-order valence-electron chi connectivity index (χ0n) is 11.4. The van der Waals surface area contributed by atoms with Crippen molar-refractivity contribution in [2.75, 3.05) is 5.32 Å². The van der Waals surface area contributed by atoms with Crippen LogP contribution in [-0.4, -0.2) is 10.5 Å². The summed E-state index contributed by atoms with van der Waals surface area (Å²) in [6.45, 7) is 0.218. The Morgan fingerprint density at radius 3 is 2.62 bits per heavy atom. The predicted octanol–water partition coefficient (Wildman–Crippen LogP) is 0.826. The molecular formula is C14H15FN4O2. The molecule has 0 atom stereocenters. The monoisotopic (exact) mass is 290 g/mol. The quantitative estimate of drug-likeness (QED) is 0.775. The molecule has 0 fully saturated rings. The average molecular weight is 290 g/mol. The fourth-order valence-electron chi connectivity index (χ4n) is 1.86. The average Bonchev–Trinajstić information content (AvgIpc) is 2.44. The Balaban J connectivity index is 2.46. The van der Waals surface area contributed by atoms with E-state index in [4.69, 9.17) is 11.5 Å². The van der Waals surface area contributed by atoms with Gasteiger partial charge in [-0.25, -0.2) is 4.39 Å². The minimum Gasteiger partial charge on any atom is -0.365 e. The number of nitrogens with zero attached hydrogens (tertiary/aromatic N) is 1. The molecule has 0 spiro atoms. The number of primary amides is 1. The van der Waals surface area contributed by atoms with E-state index in [1.807, 2.05) is 0 Å². The van der Waals surface area contributed by atoms with Gasteiger partial charge < -0.3 is 21.4 Å². The highest BCUT2D eigenvalue weighted by Crippen LogP contribution is 2.22. The summed E-state index contributed by atoms with van der Waals surface area (Å²) in [6, 6.07) is 5.61. The van der Waals surface area contributed by atoms with Crippen LogP contribution in [0.1, 0.15) is 15.9 Å². The number of nitrogens with one attached hydrogen (secondary N) is 1. The van der Waals surface area contributed by atoms with Crippen molar-refractivity contribution in [2.45, 2.75) is 6.54 Å². The van der Waals surface area contributed by atoms with Crippen molar-refractivity contribution in [3.05, 3.63) is 57.8 Å². The lowest BCUT2D eigenvalue weighted by molar-refractivity contribution is 0.100. The topological polar surface area (TPSA) is 103 Å². The van der Waals surface area contributed by atoms with E-state index in [9.17, 15) is 14.0 Å². The van der Waals surface area contributed by atoms with Crippen LogP contribution < -0.4 is 22.3 Å². The summed E-state index contributed by atoms with van der Waals surface area (Å²) in [5, 5.41) is 2.71. The van der Waals surface area contributed by atoms with Gasteiger partial charge in [0.25, 0.3) is 11.5 Å². The highest BCUT2D eigenvalue weighted by Gasteiger charge is 2.12. The Morgan fingerprint density at radius 1 is 1.33 bits per heavy atom. The first-order valence-electron chi connectivity index (χ1n) is 6.18. The maximum atomic E-state index is 13.9. The molecule has 0 bridgehead atoms. The number of carbonyl (C=O) groups is 1. The number of benzene rings is 1. The van der Waals surface area contributed by atoms with E-state index in [1.165, 1.54) is 36.0 Å². The number of hydrogen-bond donors (Lipinski definition) is 3. The summed E-state index contributed by atoms with van der Waals surface area (Å²) in [5.41, 5.74) is 11.4. The second kappa shape index (κ2) is 5.76. The summed E-state index contributed by atoms with van der Waals surface area (Å²) in [7, 11) is 1.50. The van der Waals surface area contributed by atoms with Crippen LogP contribution in [0.15, 0.2) is 35.3 Å². The van der Waals surface area contributed by atoms with Crippen LogP contribution >= 0.6 is 0 Å². The number of aromatic nitrogens is 1. The summed E-state index contributed by atoms with van der Waals surface area (Å²) in [6.07, 6.45) is 1.30. The van der Waals surface area contributed by atoms with E-state index in [2.05, 4.69) is 5.32 Å². The second-order valence-electron chi connectivity index (χ2n) is 4.56. The van der Waals surface area contributed by atoms with Crippen LogP contribution in [0, 0.1) is 5.82 Å². The molecule has 0 aliphatic heterocycles. The Bertz CT molecular complexity index is 755. The molecule has 7 heteroatoms. The van der Waals surface area contributed by atoms with Crippen molar-refractivity contribution >= 4 is 17.3 Å². The summed E-state index contributed by atoms with van der Waals surface area (Å²) in [5.74, 6) is -1.25. The first-order chi connectivity index (χ1) is 9.92. The van der Waals surface area contributed by atoms with Crippen molar-refractivity contribution in [1.29, 1.82) is 0 Å². The standard InChI is InChI=1S/C14H15FN4O2/c1-19-7-9(14(17)21)12(5-13(19)20)18-11-3-2-8(6-16)4-10(11)15/h2-5,7,18H,6,16H2,1H3,(H2,17,21). The fraction of sp³-hybridized carbons (Fsp3) is 0.143. The van der Waals surface area contributed by atoms with Crippen LogP contribution in [-0.2, 0) is 13.6 Å². The minimum atomic E-state index is -0.716. The van der Waals surface area contributed by atoms with E-state index in [0.717, 1.165) is 0 Å². The normalized spacial score (nSPS) is 10.4. The number of aryl methyl sites for hydroxylation is 1. The molecule has 0 saturated carbocycles. The van der Waals surface area contributed by atoms with Gasteiger partial charge in [0.05, 0.1) is 16.9 Å². The van der Waals surface area contributed by atoms with Crippen LogP contribution in [0.4, 0.5) is 15.8 Å². The van der Waals surface area contributed by atoms with Crippen LogP contribution in [0.3, 0.4) is 0 Å². The zero-order valence-corrected chi connectivity index (χ0v) is 11.4. The summed E-state index contributed by atoms with van der Waals surface area (Å²) in [4.78, 5) is 23.1. The first kappa shape index (κ1) is 14.7. The highest BCUT2D eigenvalue weighted by molar-refractivity contribution is 5.98. The van der Waals surface area contributed by atoms with Crippen molar-refractivity contribution in [2.24, 2.45) is 18.5 Å². The second-order valence-corrected chi connectivity index (χ2v) is 4.56. The van der Waals surface area contributed by atoms with Crippen molar-refractivity contribution < 1.29 is 9.18 Å². The zero-order chi connectivity index (χ0) is 15.6. The molecule has 1 amide bonds. The maximum Gasteiger partial charge on any atom is 0.252 e. The predicted molar refractivity (Wildman–Crippen MR) is 77.8 cm³/mol. The number of nitrogens with two attached hydrogens (primary N) is 2. The van der Waals surface area contributed by atoms with Crippen molar-refractivity contribution in [3.63, 3.8) is 0 Å². The lowest BCUT2D eigenvalue weighted by atomic mass is 10.1. The smallest absolute Gasteiger partial charge is 0.252 e. The Kier molecular flexibility index (Phi) is 4.04. The minimum absolute atomic E-state index is 0.0967. The number of anilines is 2. The van der Waals surface area contributed by atoms with Crippen LogP contribution in [0.25, 0.3) is 0 Å². The molecule has 21 heavy (non-hydrogen) atoms. The molecule has 0 radical (unpaired) electrons. The SMILES string of the molecule is Cn1cc(C(N)=O)c(Nc2ccc(CN)cc2F)cc1=O. The van der Waals surface area contributed by atoms with Crippen LogP contribution in [0.2, 0.25) is 0 Å². The fourth-order valence-corrected chi connectivity index (χ4v) is 1.86. The molecule has 1 aromatic heterocycles. The van der Waals surface area contributed by atoms with E-state index >= 15 is 0 Å². The van der Waals surface area contributed by atoms with Crippen LogP contribution in [0.5, 0.6) is 0 Å². The molecule has 1 aromatic carbocycles. The van der Waals surface area contributed by atoms with Gasteiger partial charge in [-0.1, -0.05) is 6.07 Å². The molecule has 0 saturated heterocycles. The number of amides is 1. The van der Waals surface area contributed by atoms with Crippen molar-refractivity contribution in [1.82, 2.24) is 4.57 Å². The molecule has 0 unspecified atom stereocenters. The molecule has 2 rings (SSSR count). The number of pyridine rings is 1. The molecular weight excluding hydrogens is 275 g/mol. The lowest BCUT2D eigenvalue weighted by Crippen LogP contribution is -2.22. The Labute approximate surface area is 120 Å². The van der Waals surface area contributed by atoms with Gasteiger partial charge >= 0.3 is 0 Å². The van der Waals surface area contributed by atoms with Gasteiger partial charge in [0.15, 0.2) is 0 Å². The molecule has 0 aliphatic carbocycles. The lowest BCUT2D eigenvalue weighted by Gasteiger charge is -2.12. The maximum absolute atomic E-state index is 13.9. The Morgan fingerprint density at radius 2 is 2.05 bits per heavy atom.